The molecular weight excluding hydrogens is 197 g/mol. The fourth-order valence-electron chi connectivity index (χ4n) is 0.877. The molecule has 0 N–H and O–H groups in total. The van der Waals surface area contributed by atoms with E-state index in [1.807, 2.05) is 0 Å². The third-order valence-electron chi connectivity index (χ3n) is 1.49. The highest BCUT2D eigenvalue weighted by Crippen LogP contribution is 2.34. The first-order valence-electron chi connectivity index (χ1n) is 3.41. The maximum Gasteiger partial charge on any atom is 0.283 e. The van der Waals surface area contributed by atoms with Gasteiger partial charge in [0, 0.05) is 11.3 Å². The van der Waals surface area contributed by atoms with Crippen molar-refractivity contribution >= 4 is 21.9 Å². The minimum absolute atomic E-state index is 0.0130. The Bertz CT molecular complexity index is 270. The summed E-state index contributed by atoms with van der Waals surface area (Å²) in [7, 11) is 1.51. The van der Waals surface area contributed by atoms with E-state index in [-0.39, 0.29) is 5.56 Å². The molecule has 0 aromatic heterocycles. The number of alkyl halides is 2. The fraction of sp³-hybridized carbons (Fsp3) is 0.250. The summed E-state index contributed by atoms with van der Waals surface area (Å²) in [5.74, 6) is 0.481. The van der Waals surface area contributed by atoms with Gasteiger partial charge in [-0.05, 0) is 11.6 Å². The van der Waals surface area contributed by atoms with E-state index in [1.54, 1.807) is 12.1 Å². The second-order valence-electron chi connectivity index (χ2n) is 2.48. The monoisotopic (exact) mass is 206 g/mol. The maximum absolute atomic E-state index is 12.7. The first-order chi connectivity index (χ1) is 5.54. The number of benzene rings is 1. The maximum atomic E-state index is 12.7. The van der Waals surface area contributed by atoms with Crippen LogP contribution >= 0.6 is 21.9 Å². The quantitative estimate of drug-likeness (QED) is 0.558. The Hall–Kier alpha value is -0.140. The molecule has 0 aliphatic rings. The topological polar surface area (TPSA) is 0 Å². The van der Waals surface area contributed by atoms with Crippen LogP contribution in [0.1, 0.15) is 11.1 Å². The van der Waals surface area contributed by atoms with Gasteiger partial charge in [-0.1, -0.05) is 27.4 Å². The summed E-state index contributed by atoms with van der Waals surface area (Å²) in [6, 6.07) is 6.24. The van der Waals surface area contributed by atoms with Gasteiger partial charge in [0.2, 0.25) is 0 Å². The van der Waals surface area contributed by atoms with Gasteiger partial charge in [0.15, 0.2) is 0 Å². The Labute approximate surface area is 78.0 Å². The lowest BCUT2D eigenvalue weighted by Crippen LogP contribution is -2.02. The van der Waals surface area contributed by atoms with Gasteiger partial charge in [-0.3, -0.25) is 0 Å². The van der Waals surface area contributed by atoms with Gasteiger partial charge < -0.3 is 0 Å². The fourth-order valence-corrected chi connectivity index (χ4v) is 1.25. The number of hydrogen-bond donors (Lipinski definition) is 1. The first-order valence-corrected chi connectivity index (χ1v) is 4.62. The average molecular weight is 206 g/mol. The molecule has 0 saturated carbocycles. The van der Waals surface area contributed by atoms with Gasteiger partial charge in [0.1, 0.15) is 0 Å². The summed E-state index contributed by atoms with van der Waals surface area (Å²) in [6.07, 6.45) is 0. The van der Waals surface area contributed by atoms with Gasteiger partial charge in [-0.25, -0.2) is 0 Å². The van der Waals surface area contributed by atoms with Crippen LogP contribution in [0.2, 0.25) is 0 Å². The van der Waals surface area contributed by atoms with E-state index in [4.69, 9.17) is 0 Å². The molecule has 0 radical (unpaired) electrons. The second-order valence-corrected chi connectivity index (χ2v) is 3.52. The molecular formula is C8H9F2PS. The van der Waals surface area contributed by atoms with E-state index in [1.165, 1.54) is 21.4 Å². The summed E-state index contributed by atoms with van der Waals surface area (Å²) in [6.45, 7) is 0. The van der Waals surface area contributed by atoms with Gasteiger partial charge in [0.25, 0.3) is 5.66 Å². The molecule has 12 heavy (non-hydrogen) atoms. The third-order valence-corrected chi connectivity index (χ3v) is 2.19. The summed E-state index contributed by atoms with van der Waals surface area (Å²) >= 11 is 4.00. The highest BCUT2D eigenvalue weighted by Gasteiger charge is 2.23. The number of rotatable bonds is 2. The molecule has 1 rings (SSSR count). The smallest absolute Gasteiger partial charge is 0.197 e. The van der Waals surface area contributed by atoms with Crippen LogP contribution in [-0.2, 0) is 11.4 Å². The molecule has 0 aliphatic carbocycles. The minimum atomic E-state index is -2.83. The summed E-state index contributed by atoms with van der Waals surface area (Å²) < 4.78 is 25.4. The summed E-state index contributed by atoms with van der Waals surface area (Å²) in [5, 5.41) is 0. The van der Waals surface area contributed by atoms with Crippen molar-refractivity contribution in [2.45, 2.75) is 11.4 Å². The summed E-state index contributed by atoms with van der Waals surface area (Å²) in [5.41, 5.74) is -2.02. The molecule has 4 heteroatoms. The van der Waals surface area contributed by atoms with Crippen molar-refractivity contribution in [1.29, 1.82) is 0 Å². The van der Waals surface area contributed by atoms with Gasteiger partial charge in [-0.2, -0.15) is 21.4 Å². The molecule has 1 aromatic carbocycles. The molecule has 0 bridgehead atoms. The molecule has 0 nitrogen and oxygen atoms in total. The second kappa shape index (κ2) is 3.71. The predicted octanol–water partition coefficient (Wildman–Crippen LogP) is 3.04. The van der Waals surface area contributed by atoms with Gasteiger partial charge in [0.05, 0.1) is 0 Å². The first kappa shape index (κ1) is 9.94. The van der Waals surface area contributed by atoms with Crippen LogP contribution in [0, 0.1) is 0 Å². The van der Waals surface area contributed by atoms with Crippen molar-refractivity contribution in [2.75, 3.05) is 0 Å². The molecule has 1 aromatic rings. The standard InChI is InChI=1S/C8H9F2PS/c9-8(10,11)7-3-1-2-6(4-7)5-12/h1-4,12H,5,11H2. The zero-order valence-corrected chi connectivity index (χ0v) is 8.35. The lowest BCUT2D eigenvalue weighted by Gasteiger charge is -2.10. The molecule has 0 amide bonds. The van der Waals surface area contributed by atoms with Crippen LogP contribution in [0.15, 0.2) is 24.3 Å². The van der Waals surface area contributed by atoms with Crippen molar-refractivity contribution in [3.63, 3.8) is 0 Å². The highest BCUT2D eigenvalue weighted by atomic mass is 32.1. The van der Waals surface area contributed by atoms with Crippen molar-refractivity contribution in [2.24, 2.45) is 0 Å². The van der Waals surface area contributed by atoms with Crippen LogP contribution in [0.25, 0.3) is 0 Å². The summed E-state index contributed by atoms with van der Waals surface area (Å²) in [4.78, 5) is 0. The van der Waals surface area contributed by atoms with E-state index in [0.29, 0.717) is 5.75 Å². The molecule has 0 fully saturated rings. The largest absolute Gasteiger partial charge is 0.283 e. The Kier molecular flexibility index (Phi) is 3.08. The normalized spacial score (nSPS) is 11.7. The van der Waals surface area contributed by atoms with Crippen molar-refractivity contribution in [3.05, 3.63) is 35.4 Å². The third kappa shape index (κ3) is 2.43. The van der Waals surface area contributed by atoms with Crippen LogP contribution < -0.4 is 0 Å². The highest BCUT2D eigenvalue weighted by molar-refractivity contribution is 7.79. The van der Waals surface area contributed by atoms with Crippen molar-refractivity contribution in [1.82, 2.24) is 0 Å². The Morgan fingerprint density at radius 1 is 1.42 bits per heavy atom. The number of thiol groups is 1. The molecule has 1 atom stereocenters. The lowest BCUT2D eigenvalue weighted by atomic mass is 10.1. The molecule has 1 unspecified atom stereocenters. The van der Waals surface area contributed by atoms with Crippen molar-refractivity contribution in [3.8, 4) is 0 Å². The van der Waals surface area contributed by atoms with Crippen LogP contribution in [0.5, 0.6) is 0 Å². The SMILES string of the molecule is FC(F)(P)c1cccc(CS)c1. The van der Waals surface area contributed by atoms with Gasteiger partial charge in [-0.15, -0.1) is 0 Å². The van der Waals surface area contributed by atoms with Gasteiger partial charge >= 0.3 is 0 Å². The molecule has 0 spiro atoms. The Balaban J connectivity index is 3.02. The lowest BCUT2D eigenvalue weighted by molar-refractivity contribution is 0.104. The van der Waals surface area contributed by atoms with E-state index < -0.39 is 5.66 Å². The zero-order chi connectivity index (χ0) is 9.19. The molecule has 0 heterocycles. The van der Waals surface area contributed by atoms with Crippen LogP contribution in [0.4, 0.5) is 8.78 Å². The molecule has 0 saturated heterocycles. The van der Waals surface area contributed by atoms with E-state index in [9.17, 15) is 8.78 Å². The number of hydrogen-bond acceptors (Lipinski definition) is 1. The predicted molar refractivity (Wildman–Crippen MR) is 52.7 cm³/mol. The van der Waals surface area contributed by atoms with Crippen LogP contribution in [0.3, 0.4) is 0 Å². The van der Waals surface area contributed by atoms with E-state index >= 15 is 0 Å². The Morgan fingerprint density at radius 3 is 2.58 bits per heavy atom. The van der Waals surface area contributed by atoms with Crippen LogP contribution in [-0.4, -0.2) is 0 Å². The molecule has 0 aliphatic heterocycles. The zero-order valence-electron chi connectivity index (χ0n) is 6.30. The molecule has 66 valence electrons. The van der Waals surface area contributed by atoms with Crippen molar-refractivity contribution < 1.29 is 8.78 Å². The Morgan fingerprint density at radius 2 is 2.08 bits per heavy atom. The average Bonchev–Trinajstić information content (AvgIpc) is 2.03. The minimum Gasteiger partial charge on any atom is -0.197 e. The number of halogens is 2. The van der Waals surface area contributed by atoms with E-state index in [0.717, 1.165) is 5.56 Å². The van der Waals surface area contributed by atoms with E-state index in [2.05, 4.69) is 12.6 Å².